The number of amides is 1. The number of hydrogen-bond donors (Lipinski definition) is 1. The van der Waals surface area contributed by atoms with Gasteiger partial charge in [-0.2, -0.15) is 0 Å². The molecular weight excluding hydrogens is 262 g/mol. The van der Waals surface area contributed by atoms with E-state index in [2.05, 4.69) is 0 Å². The van der Waals surface area contributed by atoms with Crippen molar-refractivity contribution in [2.24, 2.45) is 0 Å². The highest BCUT2D eigenvalue weighted by atomic mass is 16.6. The highest BCUT2D eigenvalue weighted by molar-refractivity contribution is 5.91. The number of carboxylic acids is 1. The van der Waals surface area contributed by atoms with Crippen molar-refractivity contribution < 1.29 is 23.8 Å². The van der Waals surface area contributed by atoms with Crippen molar-refractivity contribution in [2.75, 3.05) is 11.4 Å². The molecule has 0 unspecified atom stereocenters. The molecule has 1 heterocycles. The molecule has 0 aliphatic carbocycles. The zero-order valence-corrected chi connectivity index (χ0v) is 10.6. The molecule has 0 saturated heterocycles. The van der Waals surface area contributed by atoms with Crippen LogP contribution in [0.15, 0.2) is 53.1 Å². The predicted molar refractivity (Wildman–Crippen MR) is 70.3 cm³/mol. The Labute approximate surface area is 115 Å². The molecule has 1 N–H and O–H groups in total. The van der Waals surface area contributed by atoms with Crippen LogP contribution in [-0.4, -0.2) is 23.7 Å². The number of hydrogen-bond acceptors (Lipinski definition) is 4. The highest BCUT2D eigenvalue weighted by Gasteiger charge is 2.22. The Hall–Kier alpha value is -2.76. The lowest BCUT2D eigenvalue weighted by molar-refractivity contribution is -0.135. The van der Waals surface area contributed by atoms with Crippen LogP contribution in [0.2, 0.25) is 0 Å². The Morgan fingerprint density at radius 1 is 1.15 bits per heavy atom. The second-order valence-corrected chi connectivity index (χ2v) is 3.97. The van der Waals surface area contributed by atoms with Gasteiger partial charge < -0.3 is 14.3 Å². The van der Waals surface area contributed by atoms with Gasteiger partial charge in [0.2, 0.25) is 5.88 Å². The molecule has 0 bridgehead atoms. The SMILES string of the molecule is O=C(O)CN(C(=O)OCc1ccccc1)c1ccco1. The van der Waals surface area contributed by atoms with Crippen molar-refractivity contribution >= 4 is 17.9 Å². The van der Waals surface area contributed by atoms with Crippen molar-refractivity contribution in [1.29, 1.82) is 0 Å². The third kappa shape index (κ3) is 3.61. The largest absolute Gasteiger partial charge is 0.480 e. The molecule has 0 spiro atoms. The van der Waals surface area contributed by atoms with Gasteiger partial charge in [0.05, 0.1) is 6.26 Å². The Morgan fingerprint density at radius 3 is 2.50 bits per heavy atom. The molecule has 0 radical (unpaired) electrons. The second kappa shape index (κ2) is 6.42. The lowest BCUT2D eigenvalue weighted by atomic mass is 10.2. The van der Waals surface area contributed by atoms with E-state index in [0.717, 1.165) is 10.5 Å². The minimum Gasteiger partial charge on any atom is -0.480 e. The number of ether oxygens (including phenoxy) is 1. The molecule has 0 aliphatic heterocycles. The quantitative estimate of drug-likeness (QED) is 0.906. The molecule has 6 nitrogen and oxygen atoms in total. The molecule has 2 rings (SSSR count). The predicted octanol–water partition coefficient (Wildman–Crippen LogP) is 2.51. The van der Waals surface area contributed by atoms with Crippen molar-refractivity contribution in [3.63, 3.8) is 0 Å². The number of anilines is 1. The standard InChI is InChI=1S/C14H13NO5/c16-13(17)9-15(12-7-4-8-19-12)14(18)20-10-11-5-2-1-3-6-11/h1-8H,9-10H2,(H,16,17). The maximum Gasteiger partial charge on any atom is 0.417 e. The number of furan rings is 1. The average Bonchev–Trinajstić information content (AvgIpc) is 2.97. The molecular formula is C14H13NO5. The van der Waals surface area contributed by atoms with Gasteiger partial charge in [-0.15, -0.1) is 0 Å². The van der Waals surface area contributed by atoms with Gasteiger partial charge in [0.1, 0.15) is 13.2 Å². The Morgan fingerprint density at radius 2 is 1.90 bits per heavy atom. The Balaban J connectivity index is 2.02. The summed E-state index contributed by atoms with van der Waals surface area (Å²) in [7, 11) is 0. The summed E-state index contributed by atoms with van der Waals surface area (Å²) in [6, 6.07) is 12.2. The van der Waals surface area contributed by atoms with Crippen molar-refractivity contribution in [2.45, 2.75) is 6.61 Å². The fraction of sp³-hybridized carbons (Fsp3) is 0.143. The van der Waals surface area contributed by atoms with Crippen LogP contribution in [0.3, 0.4) is 0 Å². The van der Waals surface area contributed by atoms with E-state index in [1.165, 1.54) is 12.3 Å². The van der Waals surface area contributed by atoms with Crippen LogP contribution in [0.4, 0.5) is 10.7 Å². The van der Waals surface area contributed by atoms with Gasteiger partial charge in [-0.3, -0.25) is 4.79 Å². The van der Waals surface area contributed by atoms with Gasteiger partial charge in [0.25, 0.3) is 0 Å². The van der Waals surface area contributed by atoms with Crippen LogP contribution < -0.4 is 4.90 Å². The summed E-state index contributed by atoms with van der Waals surface area (Å²) in [5.41, 5.74) is 0.815. The van der Waals surface area contributed by atoms with Crippen molar-refractivity contribution in [3.05, 3.63) is 54.3 Å². The van der Waals surface area contributed by atoms with Gasteiger partial charge in [0, 0.05) is 6.07 Å². The number of nitrogens with zero attached hydrogens (tertiary/aromatic N) is 1. The molecule has 0 fully saturated rings. The fourth-order valence-electron chi connectivity index (χ4n) is 1.59. The smallest absolute Gasteiger partial charge is 0.417 e. The first-order valence-corrected chi connectivity index (χ1v) is 5.90. The van der Waals surface area contributed by atoms with Crippen LogP contribution in [0, 0.1) is 0 Å². The van der Waals surface area contributed by atoms with E-state index >= 15 is 0 Å². The summed E-state index contributed by atoms with van der Waals surface area (Å²) in [6.45, 7) is -0.461. The summed E-state index contributed by atoms with van der Waals surface area (Å²) in [5.74, 6) is -1.02. The monoisotopic (exact) mass is 275 g/mol. The van der Waals surface area contributed by atoms with Gasteiger partial charge in [0.15, 0.2) is 0 Å². The maximum atomic E-state index is 11.9. The molecule has 6 heteroatoms. The van der Waals surface area contributed by atoms with Gasteiger partial charge in [-0.05, 0) is 11.6 Å². The number of aliphatic carboxylic acids is 1. The first kappa shape index (κ1) is 13.7. The molecule has 1 aromatic heterocycles. The highest BCUT2D eigenvalue weighted by Crippen LogP contribution is 2.16. The van der Waals surface area contributed by atoms with Crippen LogP contribution in [0.5, 0.6) is 0 Å². The van der Waals surface area contributed by atoms with E-state index in [4.69, 9.17) is 14.3 Å². The van der Waals surface area contributed by atoms with Gasteiger partial charge >= 0.3 is 12.1 Å². The van der Waals surface area contributed by atoms with E-state index in [1.807, 2.05) is 30.3 Å². The number of carbonyl (C=O) groups is 2. The van der Waals surface area contributed by atoms with Crippen LogP contribution >= 0.6 is 0 Å². The fourth-order valence-corrected chi connectivity index (χ4v) is 1.59. The molecule has 0 aliphatic rings. The summed E-state index contributed by atoms with van der Waals surface area (Å²) in [4.78, 5) is 23.6. The number of rotatable bonds is 5. The molecule has 104 valence electrons. The molecule has 0 saturated carbocycles. The maximum absolute atomic E-state index is 11.9. The summed E-state index contributed by atoms with van der Waals surface area (Å²) < 4.78 is 10.1. The lowest BCUT2D eigenvalue weighted by Gasteiger charge is -2.17. The van der Waals surface area contributed by atoms with Gasteiger partial charge in [-0.1, -0.05) is 30.3 Å². The summed E-state index contributed by atoms with van der Waals surface area (Å²) in [5, 5.41) is 8.83. The summed E-state index contributed by atoms with van der Waals surface area (Å²) >= 11 is 0. The molecule has 1 aromatic carbocycles. The zero-order chi connectivity index (χ0) is 14.4. The van der Waals surface area contributed by atoms with Crippen LogP contribution in [0.1, 0.15) is 5.56 Å². The minimum absolute atomic E-state index is 0.0660. The molecule has 20 heavy (non-hydrogen) atoms. The Kier molecular flexibility index (Phi) is 4.39. The number of benzene rings is 1. The molecule has 2 aromatic rings. The topological polar surface area (TPSA) is 80.0 Å². The van der Waals surface area contributed by atoms with E-state index in [9.17, 15) is 9.59 Å². The van der Waals surface area contributed by atoms with E-state index < -0.39 is 18.6 Å². The molecule has 0 atom stereocenters. The Bertz CT molecular complexity index is 565. The normalized spacial score (nSPS) is 10.0. The average molecular weight is 275 g/mol. The minimum atomic E-state index is -1.15. The zero-order valence-electron chi connectivity index (χ0n) is 10.6. The first-order chi connectivity index (χ1) is 9.66. The van der Waals surface area contributed by atoms with E-state index in [-0.39, 0.29) is 12.5 Å². The van der Waals surface area contributed by atoms with Gasteiger partial charge in [-0.25, -0.2) is 9.69 Å². The van der Waals surface area contributed by atoms with Crippen LogP contribution in [-0.2, 0) is 16.1 Å². The first-order valence-electron chi connectivity index (χ1n) is 5.90. The molecule has 1 amide bonds. The van der Waals surface area contributed by atoms with Crippen molar-refractivity contribution in [3.8, 4) is 0 Å². The van der Waals surface area contributed by atoms with Crippen molar-refractivity contribution in [1.82, 2.24) is 0 Å². The third-order valence-electron chi connectivity index (χ3n) is 2.49. The number of carbonyl (C=O) groups excluding carboxylic acids is 1. The van der Waals surface area contributed by atoms with Crippen LogP contribution in [0.25, 0.3) is 0 Å². The third-order valence-corrected chi connectivity index (χ3v) is 2.49. The second-order valence-electron chi connectivity index (χ2n) is 3.97. The lowest BCUT2D eigenvalue weighted by Crippen LogP contribution is -2.35. The van der Waals surface area contributed by atoms with E-state index in [1.54, 1.807) is 6.07 Å². The van der Waals surface area contributed by atoms with E-state index in [0.29, 0.717) is 0 Å². The number of carboxylic acid groups (broad SMARTS) is 1. The summed E-state index contributed by atoms with van der Waals surface area (Å²) in [6.07, 6.45) is 0.584.